The molecule has 0 spiro atoms. The van der Waals surface area contributed by atoms with E-state index in [4.69, 9.17) is 0 Å². The van der Waals surface area contributed by atoms with Crippen molar-refractivity contribution in [2.24, 2.45) is 0 Å². The van der Waals surface area contributed by atoms with Gasteiger partial charge >= 0.3 is 0 Å². The molecule has 1 aliphatic carbocycles. The highest BCUT2D eigenvalue weighted by Crippen LogP contribution is 2.30. The molecule has 118 valence electrons. The molecule has 2 aliphatic rings. The first kappa shape index (κ1) is 14.1. The average Bonchev–Trinajstić information content (AvgIpc) is 3.17. The number of amides is 1. The monoisotopic (exact) mass is 309 g/mol. The molecular weight excluding hydrogens is 290 g/mol. The maximum absolute atomic E-state index is 12.2. The summed E-state index contributed by atoms with van der Waals surface area (Å²) in [4.78, 5) is 27.6. The fourth-order valence-electron chi connectivity index (χ4n) is 3.28. The topological polar surface area (TPSA) is 71.0 Å². The van der Waals surface area contributed by atoms with Crippen LogP contribution in [0.2, 0.25) is 0 Å². The lowest BCUT2D eigenvalue weighted by Gasteiger charge is -2.16. The standard InChI is InChI=1S/C17H19N5O/c1-22-10-8-14(17(22)23)20-15-11-5-4-7-12(11)19-16(21-15)13-6-2-3-9-18-13/h2-3,6,9,14H,4-5,7-8,10H2,1H3,(H,19,20,21)/t14-/m0/s1. The van der Waals surface area contributed by atoms with E-state index in [-0.39, 0.29) is 11.9 Å². The van der Waals surface area contributed by atoms with Crippen molar-refractivity contribution in [2.75, 3.05) is 18.9 Å². The van der Waals surface area contributed by atoms with Crippen molar-refractivity contribution in [1.82, 2.24) is 19.9 Å². The Morgan fingerprint density at radius 2 is 2.17 bits per heavy atom. The highest BCUT2D eigenvalue weighted by molar-refractivity contribution is 5.86. The normalized spacial score (nSPS) is 20.0. The Balaban J connectivity index is 1.71. The Morgan fingerprint density at radius 3 is 2.91 bits per heavy atom. The summed E-state index contributed by atoms with van der Waals surface area (Å²) in [5.41, 5.74) is 3.01. The van der Waals surface area contributed by atoms with Gasteiger partial charge in [-0.25, -0.2) is 9.97 Å². The molecule has 4 rings (SSSR count). The van der Waals surface area contributed by atoms with Crippen LogP contribution >= 0.6 is 0 Å². The summed E-state index contributed by atoms with van der Waals surface area (Å²) in [6, 6.07) is 5.54. The molecule has 6 nitrogen and oxygen atoms in total. The van der Waals surface area contributed by atoms with Gasteiger partial charge in [-0.2, -0.15) is 0 Å². The van der Waals surface area contributed by atoms with Crippen LogP contribution in [0, 0.1) is 0 Å². The van der Waals surface area contributed by atoms with Crippen LogP contribution in [-0.4, -0.2) is 45.4 Å². The molecule has 1 atom stereocenters. The summed E-state index contributed by atoms with van der Waals surface area (Å²) in [6.45, 7) is 0.789. The number of pyridine rings is 1. The van der Waals surface area contributed by atoms with Crippen molar-refractivity contribution < 1.29 is 4.79 Å². The molecule has 6 heteroatoms. The Bertz CT molecular complexity index is 746. The number of likely N-dealkylation sites (N-methyl/N-ethyl adjacent to an activating group) is 1. The highest BCUT2D eigenvalue weighted by atomic mass is 16.2. The van der Waals surface area contributed by atoms with Crippen LogP contribution in [0.15, 0.2) is 24.4 Å². The summed E-state index contributed by atoms with van der Waals surface area (Å²) in [5, 5.41) is 3.36. The van der Waals surface area contributed by atoms with Crippen LogP contribution < -0.4 is 5.32 Å². The van der Waals surface area contributed by atoms with Crippen molar-refractivity contribution in [3.05, 3.63) is 35.7 Å². The van der Waals surface area contributed by atoms with Gasteiger partial charge in [-0.1, -0.05) is 6.07 Å². The SMILES string of the molecule is CN1CC[C@H](Nc2nc(-c3ccccn3)nc3c2CCC3)C1=O. The molecule has 1 fully saturated rings. The Kier molecular flexibility index (Phi) is 3.44. The summed E-state index contributed by atoms with van der Waals surface area (Å²) in [5.74, 6) is 1.57. The van der Waals surface area contributed by atoms with E-state index in [2.05, 4.69) is 20.3 Å². The largest absolute Gasteiger partial charge is 0.358 e. The molecule has 2 aromatic rings. The predicted octanol–water partition coefficient (Wildman–Crippen LogP) is 1.67. The molecule has 1 aliphatic heterocycles. The third kappa shape index (κ3) is 2.54. The molecular formula is C17H19N5O. The van der Waals surface area contributed by atoms with Crippen LogP contribution in [0.3, 0.4) is 0 Å². The number of anilines is 1. The van der Waals surface area contributed by atoms with E-state index >= 15 is 0 Å². The van der Waals surface area contributed by atoms with E-state index < -0.39 is 0 Å². The summed E-state index contributed by atoms with van der Waals surface area (Å²) < 4.78 is 0. The number of aromatic nitrogens is 3. The number of rotatable bonds is 3. The molecule has 2 aromatic heterocycles. The second-order valence-corrected chi connectivity index (χ2v) is 6.13. The number of nitrogens with zero attached hydrogens (tertiary/aromatic N) is 4. The van der Waals surface area contributed by atoms with E-state index in [1.54, 1.807) is 11.1 Å². The van der Waals surface area contributed by atoms with Crippen LogP contribution in [0.1, 0.15) is 24.1 Å². The molecule has 0 saturated carbocycles. The maximum atomic E-state index is 12.2. The molecule has 3 heterocycles. The van der Waals surface area contributed by atoms with Gasteiger partial charge in [-0.3, -0.25) is 9.78 Å². The zero-order valence-corrected chi connectivity index (χ0v) is 13.1. The van der Waals surface area contributed by atoms with Gasteiger partial charge in [0.2, 0.25) is 5.91 Å². The van der Waals surface area contributed by atoms with E-state index in [0.717, 1.165) is 55.0 Å². The van der Waals surface area contributed by atoms with E-state index in [1.807, 2.05) is 25.2 Å². The molecule has 0 aromatic carbocycles. The lowest BCUT2D eigenvalue weighted by Crippen LogP contribution is -2.31. The van der Waals surface area contributed by atoms with Gasteiger partial charge < -0.3 is 10.2 Å². The van der Waals surface area contributed by atoms with Crippen LogP contribution in [0.5, 0.6) is 0 Å². The minimum absolute atomic E-state index is 0.134. The molecule has 0 bridgehead atoms. The smallest absolute Gasteiger partial charge is 0.244 e. The van der Waals surface area contributed by atoms with Gasteiger partial charge in [0.1, 0.15) is 17.6 Å². The van der Waals surface area contributed by atoms with Gasteiger partial charge in [-0.15, -0.1) is 0 Å². The fourth-order valence-corrected chi connectivity index (χ4v) is 3.28. The van der Waals surface area contributed by atoms with Gasteiger partial charge in [0.15, 0.2) is 5.82 Å². The van der Waals surface area contributed by atoms with Crippen molar-refractivity contribution in [2.45, 2.75) is 31.7 Å². The Hall–Kier alpha value is -2.50. The first-order valence-corrected chi connectivity index (χ1v) is 8.05. The maximum Gasteiger partial charge on any atom is 0.244 e. The van der Waals surface area contributed by atoms with Crippen LogP contribution in [-0.2, 0) is 17.6 Å². The average molecular weight is 309 g/mol. The third-order valence-corrected chi connectivity index (χ3v) is 4.57. The second-order valence-electron chi connectivity index (χ2n) is 6.13. The van der Waals surface area contributed by atoms with Gasteiger partial charge in [0.05, 0.1) is 0 Å². The van der Waals surface area contributed by atoms with Gasteiger partial charge in [-0.05, 0) is 37.8 Å². The number of hydrogen-bond acceptors (Lipinski definition) is 5. The third-order valence-electron chi connectivity index (χ3n) is 4.57. The van der Waals surface area contributed by atoms with Crippen molar-refractivity contribution in [1.29, 1.82) is 0 Å². The number of hydrogen-bond donors (Lipinski definition) is 1. The van der Waals surface area contributed by atoms with Crippen molar-refractivity contribution >= 4 is 11.7 Å². The molecule has 1 amide bonds. The number of likely N-dealkylation sites (tertiary alicyclic amines) is 1. The summed E-state index contributed by atoms with van der Waals surface area (Å²) in [6.07, 6.45) is 5.58. The number of fused-ring (bicyclic) bond motifs is 1. The molecule has 23 heavy (non-hydrogen) atoms. The van der Waals surface area contributed by atoms with Gasteiger partial charge in [0, 0.05) is 31.0 Å². The molecule has 0 radical (unpaired) electrons. The van der Waals surface area contributed by atoms with E-state index in [1.165, 1.54) is 0 Å². The number of carbonyl (C=O) groups excluding carboxylic acids is 1. The highest BCUT2D eigenvalue weighted by Gasteiger charge is 2.31. The molecule has 1 saturated heterocycles. The van der Waals surface area contributed by atoms with Crippen molar-refractivity contribution in [3.63, 3.8) is 0 Å². The fraction of sp³-hybridized carbons (Fsp3) is 0.412. The number of carbonyl (C=O) groups is 1. The van der Waals surface area contributed by atoms with Gasteiger partial charge in [0.25, 0.3) is 0 Å². The first-order chi connectivity index (χ1) is 11.2. The quantitative estimate of drug-likeness (QED) is 0.934. The Morgan fingerprint density at radius 1 is 1.26 bits per heavy atom. The minimum Gasteiger partial charge on any atom is -0.358 e. The molecule has 1 N–H and O–H groups in total. The van der Waals surface area contributed by atoms with Crippen LogP contribution in [0.25, 0.3) is 11.5 Å². The zero-order valence-electron chi connectivity index (χ0n) is 13.1. The second kappa shape index (κ2) is 5.61. The minimum atomic E-state index is -0.184. The predicted molar refractivity (Wildman–Crippen MR) is 87.0 cm³/mol. The lowest BCUT2D eigenvalue weighted by atomic mass is 10.2. The number of aryl methyl sites for hydroxylation is 1. The van der Waals surface area contributed by atoms with Crippen molar-refractivity contribution in [3.8, 4) is 11.5 Å². The summed E-state index contributed by atoms with van der Waals surface area (Å²) >= 11 is 0. The summed E-state index contributed by atoms with van der Waals surface area (Å²) in [7, 11) is 1.84. The van der Waals surface area contributed by atoms with E-state index in [9.17, 15) is 4.79 Å². The zero-order chi connectivity index (χ0) is 15.8. The lowest BCUT2D eigenvalue weighted by molar-refractivity contribution is -0.127. The number of nitrogens with one attached hydrogen (secondary N) is 1. The Labute approximate surface area is 135 Å². The molecule has 0 unspecified atom stereocenters. The van der Waals surface area contributed by atoms with Crippen LogP contribution in [0.4, 0.5) is 5.82 Å². The first-order valence-electron chi connectivity index (χ1n) is 8.05. The van der Waals surface area contributed by atoms with E-state index in [0.29, 0.717) is 5.82 Å².